The van der Waals surface area contributed by atoms with Gasteiger partial charge in [0.2, 0.25) is 5.91 Å². The molecule has 1 aromatic heterocycles. The zero-order valence-corrected chi connectivity index (χ0v) is 12.0. The molecule has 0 bridgehead atoms. The van der Waals surface area contributed by atoms with E-state index >= 15 is 0 Å². The van der Waals surface area contributed by atoms with Crippen LogP contribution in [0.1, 0.15) is 49.0 Å². The molecule has 0 saturated heterocycles. The van der Waals surface area contributed by atoms with Gasteiger partial charge in [-0.05, 0) is 38.7 Å². The maximum Gasteiger partial charge on any atom is 0.242 e. The van der Waals surface area contributed by atoms with Gasteiger partial charge in [-0.2, -0.15) is 0 Å². The molecule has 0 unspecified atom stereocenters. The average Bonchev–Trinajstić information content (AvgIpc) is 2.68. The van der Waals surface area contributed by atoms with Crippen LogP contribution in [-0.4, -0.2) is 34.2 Å². The van der Waals surface area contributed by atoms with Crippen molar-refractivity contribution < 1.29 is 9.59 Å². The van der Waals surface area contributed by atoms with Gasteiger partial charge < -0.3 is 9.47 Å². The maximum absolute atomic E-state index is 12.0. The molecule has 4 heteroatoms. The average molecular weight is 262 g/mol. The summed E-state index contributed by atoms with van der Waals surface area (Å²) in [5.74, 6) is 0.295. The van der Waals surface area contributed by atoms with E-state index < -0.39 is 0 Å². The first-order chi connectivity index (χ1) is 8.99. The minimum Gasteiger partial charge on any atom is -0.344 e. The van der Waals surface area contributed by atoms with Crippen LogP contribution in [0.3, 0.4) is 0 Å². The minimum atomic E-state index is 0.0765. The van der Waals surface area contributed by atoms with Crippen LogP contribution in [0.5, 0.6) is 0 Å². The number of rotatable bonds is 3. The SMILES string of the molecule is CC(C)N(C)C(=O)Cn1cc2c(c1)C(=O)CCCC2. The van der Waals surface area contributed by atoms with Gasteiger partial charge in [0.1, 0.15) is 6.54 Å². The normalized spacial score (nSPS) is 15.3. The Morgan fingerprint density at radius 2 is 2.00 bits per heavy atom. The first kappa shape index (κ1) is 13.8. The van der Waals surface area contributed by atoms with Gasteiger partial charge in [-0.15, -0.1) is 0 Å². The predicted molar refractivity (Wildman–Crippen MR) is 74.2 cm³/mol. The molecule has 0 N–H and O–H groups in total. The summed E-state index contributed by atoms with van der Waals surface area (Å²) in [6, 6.07) is 0.197. The highest BCUT2D eigenvalue weighted by Crippen LogP contribution is 2.21. The lowest BCUT2D eigenvalue weighted by atomic mass is 10.1. The largest absolute Gasteiger partial charge is 0.344 e. The number of nitrogens with zero attached hydrogens (tertiary/aromatic N) is 2. The molecule has 0 fully saturated rings. The Hall–Kier alpha value is -1.58. The summed E-state index contributed by atoms with van der Waals surface area (Å²) in [6.07, 6.45) is 7.42. The lowest BCUT2D eigenvalue weighted by molar-refractivity contribution is -0.131. The number of Topliss-reactive ketones (excluding diaryl/α,β-unsaturated/α-hetero) is 1. The van der Waals surface area contributed by atoms with E-state index in [4.69, 9.17) is 0 Å². The number of ketones is 1. The summed E-state index contributed by atoms with van der Waals surface area (Å²) in [5.41, 5.74) is 1.92. The molecule has 0 aromatic carbocycles. The molecule has 0 radical (unpaired) electrons. The molecule has 1 amide bonds. The molecule has 4 nitrogen and oxygen atoms in total. The van der Waals surface area contributed by atoms with Gasteiger partial charge in [0.15, 0.2) is 5.78 Å². The Bertz CT molecular complexity index is 488. The lowest BCUT2D eigenvalue weighted by Crippen LogP contribution is -2.35. The molecule has 2 rings (SSSR count). The summed E-state index contributed by atoms with van der Waals surface area (Å²) < 4.78 is 1.86. The van der Waals surface area contributed by atoms with Crippen LogP contribution in [0.25, 0.3) is 0 Å². The molecule has 1 aromatic rings. The quantitative estimate of drug-likeness (QED) is 0.784. The van der Waals surface area contributed by atoms with E-state index in [1.807, 2.05) is 37.9 Å². The van der Waals surface area contributed by atoms with Crippen molar-refractivity contribution in [2.24, 2.45) is 0 Å². The number of aryl methyl sites for hydroxylation is 1. The van der Waals surface area contributed by atoms with E-state index in [0.29, 0.717) is 13.0 Å². The molecule has 1 aliphatic rings. The van der Waals surface area contributed by atoms with E-state index in [1.54, 1.807) is 4.90 Å². The van der Waals surface area contributed by atoms with E-state index in [-0.39, 0.29) is 17.7 Å². The van der Waals surface area contributed by atoms with Crippen molar-refractivity contribution in [3.63, 3.8) is 0 Å². The third-order valence-corrected chi connectivity index (χ3v) is 3.85. The van der Waals surface area contributed by atoms with Gasteiger partial charge in [-0.3, -0.25) is 9.59 Å². The Balaban J connectivity index is 2.13. The second kappa shape index (κ2) is 5.59. The fraction of sp³-hybridized carbons (Fsp3) is 0.600. The first-order valence-electron chi connectivity index (χ1n) is 6.96. The molecule has 104 valence electrons. The maximum atomic E-state index is 12.0. The van der Waals surface area contributed by atoms with Crippen LogP contribution >= 0.6 is 0 Å². The van der Waals surface area contributed by atoms with Crippen LogP contribution < -0.4 is 0 Å². The molecule has 1 heterocycles. The second-order valence-electron chi connectivity index (χ2n) is 5.60. The van der Waals surface area contributed by atoms with E-state index in [2.05, 4.69) is 0 Å². The summed E-state index contributed by atoms with van der Waals surface area (Å²) in [4.78, 5) is 25.7. The molecular weight excluding hydrogens is 240 g/mol. The fourth-order valence-electron chi connectivity index (χ4n) is 2.39. The number of amides is 1. The zero-order chi connectivity index (χ0) is 14.0. The molecule has 0 atom stereocenters. The van der Waals surface area contributed by atoms with Gasteiger partial charge >= 0.3 is 0 Å². The van der Waals surface area contributed by atoms with Crippen molar-refractivity contribution in [1.82, 2.24) is 9.47 Å². The zero-order valence-electron chi connectivity index (χ0n) is 12.0. The number of hydrogen-bond acceptors (Lipinski definition) is 2. The van der Waals surface area contributed by atoms with Crippen LogP contribution in [0.15, 0.2) is 12.4 Å². The van der Waals surface area contributed by atoms with E-state index in [1.165, 1.54) is 0 Å². The summed E-state index contributed by atoms with van der Waals surface area (Å²) in [5, 5.41) is 0. The number of hydrogen-bond donors (Lipinski definition) is 0. The van der Waals surface area contributed by atoms with Gasteiger partial charge in [0.05, 0.1) is 0 Å². The summed E-state index contributed by atoms with van der Waals surface area (Å²) in [6.45, 7) is 4.30. The highest BCUT2D eigenvalue weighted by atomic mass is 16.2. The monoisotopic (exact) mass is 262 g/mol. The number of carbonyl (C=O) groups excluding carboxylic acids is 2. The number of likely N-dealkylation sites (N-methyl/N-ethyl adjacent to an activating group) is 1. The third kappa shape index (κ3) is 3.06. The lowest BCUT2D eigenvalue weighted by Gasteiger charge is -2.21. The van der Waals surface area contributed by atoms with Crippen molar-refractivity contribution in [2.75, 3.05) is 7.05 Å². The smallest absolute Gasteiger partial charge is 0.242 e. The Morgan fingerprint density at radius 1 is 1.32 bits per heavy atom. The molecule has 0 spiro atoms. The van der Waals surface area contributed by atoms with Crippen LogP contribution in [-0.2, 0) is 17.8 Å². The predicted octanol–water partition coefficient (Wildman–Crippen LogP) is 2.26. The molecule has 1 aliphatic carbocycles. The van der Waals surface area contributed by atoms with Gasteiger partial charge in [-0.1, -0.05) is 0 Å². The van der Waals surface area contributed by atoms with Gasteiger partial charge in [-0.25, -0.2) is 0 Å². The minimum absolute atomic E-state index is 0.0765. The topological polar surface area (TPSA) is 42.3 Å². The van der Waals surface area contributed by atoms with E-state index in [9.17, 15) is 9.59 Å². The highest BCUT2D eigenvalue weighted by Gasteiger charge is 2.19. The van der Waals surface area contributed by atoms with Crippen molar-refractivity contribution in [3.05, 3.63) is 23.5 Å². The Labute approximate surface area is 114 Å². The summed E-state index contributed by atoms with van der Waals surface area (Å²) >= 11 is 0. The van der Waals surface area contributed by atoms with E-state index in [0.717, 1.165) is 30.4 Å². The van der Waals surface area contributed by atoms with Crippen LogP contribution in [0.4, 0.5) is 0 Å². The third-order valence-electron chi connectivity index (χ3n) is 3.85. The first-order valence-corrected chi connectivity index (χ1v) is 6.96. The van der Waals surface area contributed by atoms with Crippen molar-refractivity contribution in [1.29, 1.82) is 0 Å². The summed E-state index contributed by atoms with van der Waals surface area (Å²) in [7, 11) is 1.81. The van der Waals surface area contributed by atoms with Gasteiger partial charge in [0, 0.05) is 37.5 Å². The fourth-order valence-corrected chi connectivity index (χ4v) is 2.39. The highest BCUT2D eigenvalue weighted by molar-refractivity contribution is 5.97. The molecule has 19 heavy (non-hydrogen) atoms. The molecule has 0 saturated carbocycles. The van der Waals surface area contributed by atoms with Crippen LogP contribution in [0.2, 0.25) is 0 Å². The molecular formula is C15H22N2O2. The Kier molecular flexibility index (Phi) is 4.08. The second-order valence-corrected chi connectivity index (χ2v) is 5.60. The number of fused-ring (bicyclic) bond motifs is 1. The van der Waals surface area contributed by atoms with Crippen molar-refractivity contribution in [2.45, 2.75) is 52.1 Å². The number of aromatic nitrogens is 1. The number of carbonyl (C=O) groups is 2. The standard InChI is InChI=1S/C15H22N2O2/c1-11(2)16(3)15(19)10-17-8-12-6-4-5-7-14(18)13(12)9-17/h8-9,11H,4-7,10H2,1-3H3. The van der Waals surface area contributed by atoms with Gasteiger partial charge in [0.25, 0.3) is 0 Å². The van der Waals surface area contributed by atoms with Crippen molar-refractivity contribution in [3.8, 4) is 0 Å². The van der Waals surface area contributed by atoms with Crippen LogP contribution in [0, 0.1) is 0 Å². The molecule has 0 aliphatic heterocycles. The Morgan fingerprint density at radius 3 is 2.68 bits per heavy atom. The van der Waals surface area contributed by atoms with Crippen molar-refractivity contribution >= 4 is 11.7 Å².